The van der Waals surface area contributed by atoms with Crippen LogP contribution in [0, 0.1) is 11.8 Å². The summed E-state index contributed by atoms with van der Waals surface area (Å²) in [5, 5.41) is 6.66. The van der Waals surface area contributed by atoms with Gasteiger partial charge in [-0.3, -0.25) is 14.9 Å². The maximum absolute atomic E-state index is 11.4. The Morgan fingerprint density at radius 2 is 1.80 bits per heavy atom. The van der Waals surface area contributed by atoms with E-state index in [1.807, 2.05) is 12.1 Å². The third-order valence-corrected chi connectivity index (χ3v) is 4.86. The molecule has 2 N–H and O–H groups in total. The molecule has 0 atom stereocenters. The molecule has 1 heterocycles. The van der Waals surface area contributed by atoms with Crippen LogP contribution in [0.5, 0.6) is 0 Å². The first-order valence-corrected chi connectivity index (χ1v) is 10.1. The van der Waals surface area contributed by atoms with Crippen LogP contribution in [0.4, 0.5) is 11.8 Å². The van der Waals surface area contributed by atoms with Crippen LogP contribution in [0.1, 0.15) is 50.7 Å². The van der Waals surface area contributed by atoms with Crippen molar-refractivity contribution in [1.29, 1.82) is 0 Å². The molecule has 1 aromatic heterocycles. The van der Waals surface area contributed by atoms with Gasteiger partial charge in [0.2, 0.25) is 11.9 Å². The number of amides is 1. The Balaban J connectivity index is 1.77. The number of hydrogen-bond donors (Lipinski definition) is 2. The van der Waals surface area contributed by atoms with Gasteiger partial charge in [0.05, 0.1) is 11.8 Å². The van der Waals surface area contributed by atoms with E-state index in [0.29, 0.717) is 16.4 Å². The number of carbonyl (C=O) groups is 2. The molecule has 156 valence electrons. The second-order valence-electron chi connectivity index (χ2n) is 7.12. The lowest BCUT2D eigenvalue weighted by molar-refractivity contribution is -0.147. The van der Waals surface area contributed by atoms with Crippen LogP contribution in [0.25, 0.3) is 0 Å². The molecule has 7 nitrogen and oxygen atoms in total. The van der Waals surface area contributed by atoms with Crippen LogP contribution in [0.3, 0.4) is 0 Å². The fourth-order valence-electron chi connectivity index (χ4n) is 3.23. The van der Waals surface area contributed by atoms with E-state index in [4.69, 9.17) is 16.3 Å². The van der Waals surface area contributed by atoms with Gasteiger partial charge in [0.1, 0.15) is 11.9 Å². The second kappa shape index (κ2) is 10.1. The lowest BCUT2D eigenvalue weighted by Gasteiger charge is -2.29. The van der Waals surface area contributed by atoms with Gasteiger partial charge in [-0.1, -0.05) is 23.4 Å². The van der Waals surface area contributed by atoms with E-state index in [0.717, 1.165) is 31.2 Å². The number of nitrogens with one attached hydrogen (secondary N) is 2. The molecule has 1 aliphatic rings. The molecule has 8 heteroatoms. The van der Waals surface area contributed by atoms with Gasteiger partial charge in [0.15, 0.2) is 0 Å². The minimum atomic E-state index is -0.248. The number of anilines is 2. The minimum absolute atomic E-state index is 0.0370. The smallest absolute Gasteiger partial charge is 0.302 e. The molecule has 1 aliphatic carbocycles. The predicted octanol–water partition coefficient (Wildman–Crippen LogP) is 3.77. The predicted molar refractivity (Wildman–Crippen MR) is 115 cm³/mol. The first kappa shape index (κ1) is 21.6. The minimum Gasteiger partial charge on any atom is -0.463 e. The highest BCUT2D eigenvalue weighted by Crippen LogP contribution is 2.25. The van der Waals surface area contributed by atoms with Crippen LogP contribution in [-0.4, -0.2) is 34.0 Å². The van der Waals surface area contributed by atoms with Crippen LogP contribution in [0.2, 0.25) is 5.02 Å². The molecule has 1 fully saturated rings. The van der Waals surface area contributed by atoms with Crippen molar-refractivity contribution in [2.75, 3.05) is 10.6 Å². The highest BCUT2D eigenvalue weighted by atomic mass is 35.5. The Morgan fingerprint density at radius 1 is 1.10 bits per heavy atom. The largest absolute Gasteiger partial charge is 0.463 e. The number of nitrogens with zero attached hydrogens (tertiary/aromatic N) is 2. The van der Waals surface area contributed by atoms with Crippen molar-refractivity contribution in [3.8, 4) is 11.8 Å². The molecule has 0 radical (unpaired) electrons. The highest BCUT2D eigenvalue weighted by molar-refractivity contribution is 6.30. The van der Waals surface area contributed by atoms with Crippen molar-refractivity contribution in [2.45, 2.75) is 51.7 Å². The summed E-state index contributed by atoms with van der Waals surface area (Å²) >= 11 is 5.92. The molecule has 1 saturated carbocycles. The molecule has 2 aromatic rings. The second-order valence-corrected chi connectivity index (χ2v) is 7.56. The Bertz CT molecular complexity index is 974. The zero-order valence-corrected chi connectivity index (χ0v) is 17.6. The van der Waals surface area contributed by atoms with Crippen molar-refractivity contribution < 1.29 is 14.3 Å². The van der Waals surface area contributed by atoms with E-state index >= 15 is 0 Å². The summed E-state index contributed by atoms with van der Waals surface area (Å²) in [5.41, 5.74) is 1.44. The molecule has 0 aliphatic heterocycles. The molecule has 0 spiro atoms. The van der Waals surface area contributed by atoms with Gasteiger partial charge in [0.25, 0.3) is 0 Å². The number of aromatic nitrogens is 2. The van der Waals surface area contributed by atoms with Crippen LogP contribution in [-0.2, 0) is 14.3 Å². The normalized spacial score (nSPS) is 18.0. The van der Waals surface area contributed by atoms with E-state index in [1.165, 1.54) is 13.8 Å². The fraction of sp³-hybridized carbons (Fsp3) is 0.364. The summed E-state index contributed by atoms with van der Waals surface area (Å²) in [4.78, 5) is 31.1. The topological polar surface area (TPSA) is 93.2 Å². The summed E-state index contributed by atoms with van der Waals surface area (Å²) in [6.45, 7) is 2.83. The molecule has 30 heavy (non-hydrogen) atoms. The lowest BCUT2D eigenvalue weighted by Crippen LogP contribution is -2.31. The first-order valence-electron chi connectivity index (χ1n) is 9.75. The molecule has 0 saturated heterocycles. The van der Waals surface area contributed by atoms with Gasteiger partial charge in [-0.15, -0.1) is 0 Å². The summed E-state index contributed by atoms with van der Waals surface area (Å²) in [7, 11) is 0. The lowest BCUT2D eigenvalue weighted by atomic mass is 9.93. The van der Waals surface area contributed by atoms with E-state index in [1.54, 1.807) is 18.3 Å². The van der Waals surface area contributed by atoms with E-state index in [2.05, 4.69) is 32.4 Å². The van der Waals surface area contributed by atoms with Crippen molar-refractivity contribution in [3.05, 3.63) is 46.6 Å². The number of ether oxygens (including phenoxy) is 1. The molecule has 0 unspecified atom stereocenters. The molecular weight excluding hydrogens is 404 g/mol. The van der Waals surface area contributed by atoms with Crippen molar-refractivity contribution >= 4 is 35.2 Å². The third kappa shape index (κ3) is 6.46. The van der Waals surface area contributed by atoms with Gasteiger partial charge >= 0.3 is 5.97 Å². The van der Waals surface area contributed by atoms with Crippen LogP contribution in [0.15, 0.2) is 30.5 Å². The van der Waals surface area contributed by atoms with E-state index in [-0.39, 0.29) is 30.0 Å². The van der Waals surface area contributed by atoms with Gasteiger partial charge < -0.3 is 10.1 Å². The Labute approximate surface area is 180 Å². The maximum atomic E-state index is 11.4. The highest BCUT2D eigenvalue weighted by Gasteiger charge is 2.24. The van der Waals surface area contributed by atoms with Crippen LogP contribution >= 0.6 is 11.6 Å². The SMILES string of the molecule is CC(=O)Nc1ncc(C#Cc2ccc(Cl)cc2)c(N[C@H]2CC[C@H](OC(C)=O)CC2)n1. The third-order valence-electron chi connectivity index (χ3n) is 4.61. The van der Waals surface area contributed by atoms with E-state index < -0.39 is 0 Å². The molecule has 3 rings (SSSR count). The van der Waals surface area contributed by atoms with Crippen LogP contribution < -0.4 is 10.6 Å². The van der Waals surface area contributed by atoms with Crippen molar-refractivity contribution in [1.82, 2.24) is 9.97 Å². The number of rotatable bonds is 4. The van der Waals surface area contributed by atoms with Crippen molar-refractivity contribution in [2.24, 2.45) is 0 Å². The number of esters is 1. The number of halogens is 1. The quantitative estimate of drug-likeness (QED) is 0.571. The average Bonchev–Trinajstić information content (AvgIpc) is 2.69. The maximum Gasteiger partial charge on any atom is 0.302 e. The van der Waals surface area contributed by atoms with Gasteiger partial charge in [0, 0.05) is 30.5 Å². The summed E-state index contributed by atoms with van der Waals surface area (Å²) in [6, 6.07) is 7.40. The number of hydrogen-bond acceptors (Lipinski definition) is 6. The van der Waals surface area contributed by atoms with E-state index in [9.17, 15) is 9.59 Å². The zero-order valence-electron chi connectivity index (χ0n) is 16.9. The summed E-state index contributed by atoms with van der Waals surface area (Å²) in [5.74, 6) is 6.46. The molecule has 1 amide bonds. The Hall–Kier alpha value is -3.11. The monoisotopic (exact) mass is 426 g/mol. The standard InChI is InChI=1S/C22H23ClN4O3/c1-14(28)25-22-24-13-17(6-3-16-4-7-18(23)8-5-16)21(27-22)26-19-9-11-20(12-10-19)30-15(2)29/h4-5,7-8,13,19-20H,9-12H2,1-2H3,(H2,24,25,26,27,28)/t19-,20-. The number of carbonyl (C=O) groups excluding carboxylic acids is 2. The number of benzene rings is 1. The van der Waals surface area contributed by atoms with Gasteiger partial charge in [-0.2, -0.15) is 4.98 Å². The fourth-order valence-corrected chi connectivity index (χ4v) is 3.35. The summed E-state index contributed by atoms with van der Waals surface area (Å²) < 4.78 is 5.30. The van der Waals surface area contributed by atoms with Gasteiger partial charge in [-0.25, -0.2) is 4.98 Å². The molecule has 1 aromatic carbocycles. The molecule has 0 bridgehead atoms. The van der Waals surface area contributed by atoms with Crippen molar-refractivity contribution in [3.63, 3.8) is 0 Å². The Morgan fingerprint density at radius 3 is 2.43 bits per heavy atom. The summed E-state index contributed by atoms with van der Waals surface area (Å²) in [6.07, 6.45) is 4.79. The molecular formula is C22H23ClN4O3. The average molecular weight is 427 g/mol. The Kier molecular flexibility index (Phi) is 7.26. The van der Waals surface area contributed by atoms with Gasteiger partial charge in [-0.05, 0) is 49.9 Å². The first-order chi connectivity index (χ1) is 14.4. The zero-order chi connectivity index (χ0) is 21.5.